The number of benzene rings is 1. The Labute approximate surface area is 136 Å². The Morgan fingerprint density at radius 2 is 2.19 bits per heavy atom. The maximum atomic E-state index is 6.05. The molecule has 1 fully saturated rings. The van der Waals surface area contributed by atoms with Crippen molar-refractivity contribution in [2.24, 2.45) is 0 Å². The Kier molecular flexibility index (Phi) is 6.08. The highest BCUT2D eigenvalue weighted by Crippen LogP contribution is 2.39. The molecule has 118 valence electrons. The molecule has 0 aromatic heterocycles. The third-order valence-corrected chi connectivity index (χ3v) is 5.06. The van der Waals surface area contributed by atoms with Crippen LogP contribution in [0.5, 0.6) is 5.75 Å². The van der Waals surface area contributed by atoms with Gasteiger partial charge >= 0.3 is 0 Å². The van der Waals surface area contributed by atoms with Gasteiger partial charge in [-0.1, -0.05) is 22.9 Å². The fraction of sp³-hybridized carbons (Fsp3) is 0.647. The zero-order chi connectivity index (χ0) is 15.4. The Hall–Kier alpha value is -0.580. The zero-order valence-electron chi connectivity index (χ0n) is 13.5. The molecule has 2 rings (SSSR count). The second-order valence-corrected chi connectivity index (χ2v) is 6.54. The van der Waals surface area contributed by atoms with Crippen molar-refractivity contribution in [2.45, 2.75) is 52.2 Å². The summed E-state index contributed by atoms with van der Waals surface area (Å²) in [6.07, 6.45) is 3.73. The Morgan fingerprint density at radius 1 is 1.43 bits per heavy atom. The van der Waals surface area contributed by atoms with E-state index in [-0.39, 0.29) is 12.1 Å². The van der Waals surface area contributed by atoms with E-state index in [1.165, 1.54) is 24.0 Å². The summed E-state index contributed by atoms with van der Waals surface area (Å²) in [7, 11) is 1.75. The SMILES string of the molecule is CCNC(c1c(C)c(Br)cc(C)c1OC)C1CCCCO1. The van der Waals surface area contributed by atoms with E-state index in [1.54, 1.807) is 7.11 Å². The number of rotatable bonds is 5. The van der Waals surface area contributed by atoms with Crippen LogP contribution in [-0.2, 0) is 4.74 Å². The minimum atomic E-state index is 0.182. The zero-order valence-corrected chi connectivity index (χ0v) is 15.0. The summed E-state index contributed by atoms with van der Waals surface area (Å²) in [5, 5.41) is 3.61. The number of hydrogen-bond acceptors (Lipinski definition) is 3. The summed E-state index contributed by atoms with van der Waals surface area (Å²) in [6, 6.07) is 2.31. The first-order chi connectivity index (χ1) is 10.1. The third-order valence-electron chi connectivity index (χ3n) is 4.23. The highest BCUT2D eigenvalue weighted by atomic mass is 79.9. The second-order valence-electron chi connectivity index (χ2n) is 5.69. The predicted octanol–water partition coefficient (Wildman–Crippen LogP) is 4.29. The van der Waals surface area contributed by atoms with Gasteiger partial charge in [-0.15, -0.1) is 0 Å². The van der Waals surface area contributed by atoms with Crippen molar-refractivity contribution in [1.29, 1.82) is 0 Å². The molecular weight excluding hydrogens is 330 g/mol. The molecule has 0 saturated carbocycles. The number of nitrogens with one attached hydrogen (secondary N) is 1. The first-order valence-corrected chi connectivity index (χ1v) is 8.58. The van der Waals surface area contributed by atoms with E-state index in [4.69, 9.17) is 9.47 Å². The van der Waals surface area contributed by atoms with Crippen LogP contribution in [0.3, 0.4) is 0 Å². The molecule has 0 spiro atoms. The highest BCUT2D eigenvalue weighted by molar-refractivity contribution is 9.10. The van der Waals surface area contributed by atoms with Gasteiger partial charge in [0, 0.05) is 16.6 Å². The number of likely N-dealkylation sites (N-methyl/N-ethyl adjacent to an activating group) is 1. The summed E-state index contributed by atoms with van der Waals surface area (Å²) < 4.78 is 12.9. The molecule has 1 aliphatic rings. The first-order valence-electron chi connectivity index (χ1n) is 7.78. The van der Waals surface area contributed by atoms with E-state index < -0.39 is 0 Å². The van der Waals surface area contributed by atoms with Crippen molar-refractivity contribution in [3.05, 3.63) is 27.2 Å². The van der Waals surface area contributed by atoms with Crippen molar-refractivity contribution in [3.63, 3.8) is 0 Å². The van der Waals surface area contributed by atoms with Crippen LogP contribution in [0.15, 0.2) is 10.5 Å². The molecule has 2 unspecified atom stereocenters. The standard InChI is InChI=1S/C17H26BrNO2/c1-5-19-16(14-8-6-7-9-21-14)15-12(3)13(18)10-11(2)17(15)20-4/h10,14,16,19H,5-9H2,1-4H3. The molecule has 1 N–H and O–H groups in total. The van der Waals surface area contributed by atoms with Gasteiger partial charge in [-0.2, -0.15) is 0 Å². The summed E-state index contributed by atoms with van der Waals surface area (Å²) in [4.78, 5) is 0. The molecule has 1 aromatic rings. The molecule has 4 heteroatoms. The number of methoxy groups -OCH3 is 1. The molecule has 3 nitrogen and oxygen atoms in total. The van der Waals surface area contributed by atoms with Gasteiger partial charge in [0.1, 0.15) is 5.75 Å². The van der Waals surface area contributed by atoms with E-state index >= 15 is 0 Å². The molecular formula is C17H26BrNO2. The summed E-state index contributed by atoms with van der Waals surface area (Å²) >= 11 is 3.68. The molecule has 21 heavy (non-hydrogen) atoms. The minimum absolute atomic E-state index is 0.182. The summed E-state index contributed by atoms with van der Waals surface area (Å²) in [5.41, 5.74) is 3.62. The predicted molar refractivity (Wildman–Crippen MR) is 90.2 cm³/mol. The third kappa shape index (κ3) is 3.61. The molecule has 2 atom stereocenters. The molecule has 1 heterocycles. The van der Waals surface area contributed by atoms with Crippen LogP contribution in [0, 0.1) is 13.8 Å². The van der Waals surface area contributed by atoms with Gasteiger partial charge < -0.3 is 14.8 Å². The number of hydrogen-bond donors (Lipinski definition) is 1. The average Bonchev–Trinajstić information content (AvgIpc) is 2.49. The molecule has 0 bridgehead atoms. The summed E-state index contributed by atoms with van der Waals surface area (Å²) in [5.74, 6) is 0.982. The number of ether oxygens (including phenoxy) is 2. The van der Waals surface area contributed by atoms with E-state index in [2.05, 4.69) is 48.1 Å². The van der Waals surface area contributed by atoms with Crippen molar-refractivity contribution in [1.82, 2.24) is 5.32 Å². The van der Waals surface area contributed by atoms with Gasteiger partial charge in [0.15, 0.2) is 0 Å². The molecule has 0 aliphatic carbocycles. The first kappa shape index (κ1) is 16.8. The second kappa shape index (κ2) is 7.61. The fourth-order valence-electron chi connectivity index (χ4n) is 3.19. The van der Waals surface area contributed by atoms with Crippen LogP contribution >= 0.6 is 15.9 Å². The Balaban J connectivity index is 2.47. The number of halogens is 1. The lowest BCUT2D eigenvalue weighted by Crippen LogP contribution is -2.36. The minimum Gasteiger partial charge on any atom is -0.496 e. The van der Waals surface area contributed by atoms with Crippen LogP contribution in [0.2, 0.25) is 0 Å². The van der Waals surface area contributed by atoms with Gasteiger partial charge in [-0.3, -0.25) is 0 Å². The quantitative estimate of drug-likeness (QED) is 0.854. The van der Waals surface area contributed by atoms with Crippen molar-refractivity contribution in [3.8, 4) is 5.75 Å². The highest BCUT2D eigenvalue weighted by Gasteiger charge is 2.30. The average molecular weight is 356 g/mol. The maximum absolute atomic E-state index is 6.05. The van der Waals surface area contributed by atoms with E-state index in [0.717, 1.165) is 35.4 Å². The van der Waals surface area contributed by atoms with Crippen LogP contribution < -0.4 is 10.1 Å². The van der Waals surface area contributed by atoms with E-state index in [9.17, 15) is 0 Å². The molecule has 0 radical (unpaired) electrons. The van der Waals surface area contributed by atoms with Crippen LogP contribution in [0.1, 0.15) is 48.9 Å². The topological polar surface area (TPSA) is 30.5 Å². The molecule has 0 amide bonds. The largest absolute Gasteiger partial charge is 0.496 e. The monoisotopic (exact) mass is 355 g/mol. The van der Waals surface area contributed by atoms with Crippen molar-refractivity contribution < 1.29 is 9.47 Å². The maximum Gasteiger partial charge on any atom is 0.126 e. The lowest BCUT2D eigenvalue weighted by Gasteiger charge is -2.33. The van der Waals surface area contributed by atoms with Crippen molar-refractivity contribution >= 4 is 15.9 Å². The van der Waals surface area contributed by atoms with Crippen LogP contribution in [0.25, 0.3) is 0 Å². The van der Waals surface area contributed by atoms with Crippen molar-refractivity contribution in [2.75, 3.05) is 20.3 Å². The molecule has 1 aliphatic heterocycles. The molecule has 1 saturated heterocycles. The van der Waals surface area contributed by atoms with E-state index in [0.29, 0.717) is 0 Å². The fourth-order valence-corrected chi connectivity index (χ4v) is 3.75. The van der Waals surface area contributed by atoms with E-state index in [1.807, 2.05) is 0 Å². The normalized spacial score (nSPS) is 20.3. The van der Waals surface area contributed by atoms with Crippen LogP contribution in [-0.4, -0.2) is 26.4 Å². The van der Waals surface area contributed by atoms with Gasteiger partial charge in [0.25, 0.3) is 0 Å². The van der Waals surface area contributed by atoms with Gasteiger partial charge in [0.2, 0.25) is 0 Å². The van der Waals surface area contributed by atoms with Crippen LogP contribution in [0.4, 0.5) is 0 Å². The van der Waals surface area contributed by atoms with Gasteiger partial charge in [0.05, 0.1) is 19.3 Å². The Bertz CT molecular complexity index is 484. The smallest absolute Gasteiger partial charge is 0.126 e. The molecule has 1 aromatic carbocycles. The lowest BCUT2D eigenvalue weighted by molar-refractivity contribution is -0.00846. The summed E-state index contributed by atoms with van der Waals surface area (Å²) in [6.45, 7) is 8.16. The lowest BCUT2D eigenvalue weighted by atomic mass is 9.90. The number of aryl methyl sites for hydroxylation is 1. The van der Waals surface area contributed by atoms with Gasteiger partial charge in [-0.05, 0) is 56.8 Å². The van der Waals surface area contributed by atoms with Gasteiger partial charge in [-0.25, -0.2) is 0 Å². The Morgan fingerprint density at radius 3 is 2.76 bits per heavy atom.